The molecule has 0 spiro atoms. The molecule has 0 fully saturated rings. The van der Waals surface area contributed by atoms with Crippen molar-refractivity contribution in [2.45, 2.75) is 25.8 Å². The Kier molecular flexibility index (Phi) is 5.85. The molecule has 0 aliphatic carbocycles. The molecule has 0 unspecified atom stereocenters. The van der Waals surface area contributed by atoms with E-state index >= 15 is 0 Å². The van der Waals surface area contributed by atoms with Gasteiger partial charge in [0.15, 0.2) is 0 Å². The lowest BCUT2D eigenvalue weighted by Gasteiger charge is -2.15. The number of carbonyl (C=O) groups is 2. The van der Waals surface area contributed by atoms with E-state index < -0.39 is 12.0 Å². The second-order valence-electron chi connectivity index (χ2n) is 3.85. The molecule has 5 heteroatoms. The summed E-state index contributed by atoms with van der Waals surface area (Å²) in [5.41, 5.74) is 0.509. The molecule has 1 N–H and O–H groups in total. The molecule has 4 nitrogen and oxygen atoms in total. The lowest BCUT2D eigenvalue weighted by molar-refractivity contribution is -0.143. The number of rotatable bonds is 5. The van der Waals surface area contributed by atoms with Gasteiger partial charge in [0.2, 0.25) is 0 Å². The number of esters is 1. The molecule has 1 rings (SSSR count). The van der Waals surface area contributed by atoms with E-state index in [1.165, 1.54) is 7.11 Å². The fourth-order valence-corrected chi connectivity index (χ4v) is 1.95. The molecule has 1 aromatic carbocycles. The van der Waals surface area contributed by atoms with Crippen molar-refractivity contribution in [3.05, 3.63) is 34.3 Å². The molecule has 0 saturated carbocycles. The number of amides is 1. The highest BCUT2D eigenvalue weighted by molar-refractivity contribution is 9.10. The summed E-state index contributed by atoms with van der Waals surface area (Å²) in [4.78, 5) is 23.5. The van der Waals surface area contributed by atoms with E-state index in [9.17, 15) is 9.59 Å². The minimum absolute atomic E-state index is 0.278. The van der Waals surface area contributed by atoms with Gasteiger partial charge in [0.25, 0.3) is 5.91 Å². The molecular formula is C13H16BrNO3. The summed E-state index contributed by atoms with van der Waals surface area (Å²) in [6.07, 6.45) is 1.35. The fraction of sp³-hybridized carbons (Fsp3) is 0.385. The van der Waals surface area contributed by atoms with Gasteiger partial charge in [0.1, 0.15) is 6.04 Å². The second-order valence-corrected chi connectivity index (χ2v) is 4.76. The van der Waals surface area contributed by atoms with Gasteiger partial charge < -0.3 is 10.1 Å². The van der Waals surface area contributed by atoms with E-state index in [2.05, 4.69) is 26.0 Å². The highest BCUT2D eigenvalue weighted by Gasteiger charge is 2.20. The Balaban J connectivity index is 2.75. The van der Waals surface area contributed by atoms with Crippen LogP contribution in [0, 0.1) is 0 Å². The molecule has 0 aliphatic heterocycles. The normalized spacial score (nSPS) is 11.7. The first-order chi connectivity index (χ1) is 8.58. The Morgan fingerprint density at radius 2 is 2.17 bits per heavy atom. The third-order valence-electron chi connectivity index (χ3n) is 2.46. The van der Waals surface area contributed by atoms with Gasteiger partial charge in [-0.3, -0.25) is 4.79 Å². The first-order valence-electron chi connectivity index (χ1n) is 5.72. The summed E-state index contributed by atoms with van der Waals surface area (Å²) in [6, 6.07) is 6.41. The van der Waals surface area contributed by atoms with Crippen LogP contribution in [0.25, 0.3) is 0 Å². The largest absolute Gasteiger partial charge is 0.467 e. The maximum atomic E-state index is 12.0. The highest BCUT2D eigenvalue weighted by Crippen LogP contribution is 2.12. The number of hydrogen-bond donors (Lipinski definition) is 1. The molecule has 0 aromatic heterocycles. The van der Waals surface area contributed by atoms with Crippen LogP contribution >= 0.6 is 15.9 Å². The second kappa shape index (κ2) is 7.16. The van der Waals surface area contributed by atoms with E-state index in [0.29, 0.717) is 12.0 Å². The smallest absolute Gasteiger partial charge is 0.328 e. The van der Waals surface area contributed by atoms with E-state index in [4.69, 9.17) is 0 Å². The van der Waals surface area contributed by atoms with Crippen molar-refractivity contribution >= 4 is 27.8 Å². The minimum Gasteiger partial charge on any atom is -0.467 e. The lowest BCUT2D eigenvalue weighted by Crippen LogP contribution is -2.41. The van der Waals surface area contributed by atoms with Crippen LogP contribution in [0.1, 0.15) is 30.1 Å². The number of carbonyl (C=O) groups excluding carboxylic acids is 2. The van der Waals surface area contributed by atoms with E-state index in [1.807, 2.05) is 13.0 Å². The number of halogens is 1. The summed E-state index contributed by atoms with van der Waals surface area (Å²) in [6.45, 7) is 1.95. The zero-order valence-electron chi connectivity index (χ0n) is 10.4. The average Bonchev–Trinajstić information content (AvgIpc) is 2.37. The minimum atomic E-state index is -0.591. The maximum Gasteiger partial charge on any atom is 0.328 e. The predicted octanol–water partition coefficient (Wildman–Crippen LogP) is 2.52. The van der Waals surface area contributed by atoms with Crippen LogP contribution in [0.5, 0.6) is 0 Å². The number of methoxy groups -OCH3 is 1. The zero-order valence-corrected chi connectivity index (χ0v) is 12.0. The van der Waals surface area contributed by atoms with Crippen LogP contribution in [0.4, 0.5) is 0 Å². The van der Waals surface area contributed by atoms with Crippen molar-refractivity contribution < 1.29 is 14.3 Å². The number of hydrogen-bond acceptors (Lipinski definition) is 3. The van der Waals surface area contributed by atoms with Gasteiger partial charge in [-0.05, 0) is 24.6 Å². The first-order valence-corrected chi connectivity index (χ1v) is 6.52. The van der Waals surface area contributed by atoms with Crippen LogP contribution in [0.15, 0.2) is 28.7 Å². The molecule has 18 heavy (non-hydrogen) atoms. The summed E-state index contributed by atoms with van der Waals surface area (Å²) >= 11 is 3.30. The van der Waals surface area contributed by atoms with Crippen LogP contribution in [0.3, 0.4) is 0 Å². The van der Waals surface area contributed by atoms with Crippen LogP contribution < -0.4 is 5.32 Å². The highest BCUT2D eigenvalue weighted by atomic mass is 79.9. The molecule has 1 atom stereocenters. The van der Waals surface area contributed by atoms with Crippen LogP contribution in [-0.2, 0) is 9.53 Å². The third kappa shape index (κ3) is 4.14. The van der Waals surface area contributed by atoms with Crippen LogP contribution in [-0.4, -0.2) is 25.0 Å². The Hall–Kier alpha value is -1.36. The van der Waals surface area contributed by atoms with Crippen molar-refractivity contribution in [1.29, 1.82) is 0 Å². The number of nitrogens with one attached hydrogen (secondary N) is 1. The van der Waals surface area contributed by atoms with Gasteiger partial charge >= 0.3 is 5.97 Å². The van der Waals surface area contributed by atoms with Crippen molar-refractivity contribution in [3.63, 3.8) is 0 Å². The third-order valence-corrected chi connectivity index (χ3v) is 2.95. The fourth-order valence-electron chi connectivity index (χ4n) is 1.55. The summed E-state index contributed by atoms with van der Waals surface area (Å²) in [5, 5.41) is 2.68. The number of benzene rings is 1. The summed E-state index contributed by atoms with van der Waals surface area (Å²) in [5.74, 6) is -0.694. The topological polar surface area (TPSA) is 55.4 Å². The molecule has 98 valence electrons. The monoisotopic (exact) mass is 313 g/mol. The van der Waals surface area contributed by atoms with Gasteiger partial charge in [0.05, 0.1) is 7.11 Å². The summed E-state index contributed by atoms with van der Waals surface area (Å²) < 4.78 is 5.48. The molecule has 1 aromatic rings. The first kappa shape index (κ1) is 14.7. The maximum absolute atomic E-state index is 12.0. The standard InChI is InChI=1S/C13H16BrNO3/c1-3-5-11(13(17)18-2)15-12(16)9-6-4-7-10(14)8-9/h4,6-8,11H,3,5H2,1-2H3,(H,15,16)/t11-/m0/s1. The van der Waals surface area contributed by atoms with Crippen molar-refractivity contribution in [1.82, 2.24) is 5.32 Å². The molecule has 0 radical (unpaired) electrons. The Morgan fingerprint density at radius 3 is 2.72 bits per heavy atom. The predicted molar refractivity (Wildman–Crippen MR) is 72.3 cm³/mol. The van der Waals surface area contributed by atoms with Crippen LogP contribution in [0.2, 0.25) is 0 Å². The van der Waals surface area contributed by atoms with Gasteiger partial charge in [-0.25, -0.2) is 4.79 Å². The zero-order chi connectivity index (χ0) is 13.5. The lowest BCUT2D eigenvalue weighted by atomic mass is 10.1. The van der Waals surface area contributed by atoms with E-state index in [0.717, 1.165) is 10.9 Å². The van der Waals surface area contributed by atoms with Gasteiger partial charge in [0, 0.05) is 10.0 Å². The van der Waals surface area contributed by atoms with Gasteiger partial charge in [-0.2, -0.15) is 0 Å². The van der Waals surface area contributed by atoms with E-state index in [1.54, 1.807) is 18.2 Å². The van der Waals surface area contributed by atoms with Crippen molar-refractivity contribution in [2.24, 2.45) is 0 Å². The van der Waals surface area contributed by atoms with Crippen molar-refractivity contribution in [3.8, 4) is 0 Å². The molecular weight excluding hydrogens is 298 g/mol. The Labute approximate surface area is 115 Å². The summed E-state index contributed by atoms with van der Waals surface area (Å²) in [7, 11) is 1.32. The molecule has 0 heterocycles. The van der Waals surface area contributed by atoms with Gasteiger partial charge in [-0.15, -0.1) is 0 Å². The SMILES string of the molecule is CCC[C@H](NC(=O)c1cccc(Br)c1)C(=O)OC. The Morgan fingerprint density at radius 1 is 1.44 bits per heavy atom. The molecule has 0 aliphatic rings. The number of ether oxygens (including phenoxy) is 1. The average molecular weight is 314 g/mol. The van der Waals surface area contributed by atoms with E-state index in [-0.39, 0.29) is 5.91 Å². The molecule has 1 amide bonds. The molecule has 0 bridgehead atoms. The van der Waals surface area contributed by atoms with Gasteiger partial charge in [-0.1, -0.05) is 35.3 Å². The Bertz CT molecular complexity index is 434. The van der Waals surface area contributed by atoms with Crippen molar-refractivity contribution in [2.75, 3.05) is 7.11 Å². The molecule has 0 saturated heterocycles. The quantitative estimate of drug-likeness (QED) is 0.850.